The molecular formula is C18H31N3O2. The van der Waals surface area contributed by atoms with Gasteiger partial charge in [0.05, 0.1) is 17.8 Å². The average molecular weight is 321 g/mol. The van der Waals surface area contributed by atoms with Crippen LogP contribution < -0.4 is 5.32 Å². The summed E-state index contributed by atoms with van der Waals surface area (Å²) >= 11 is 0. The zero-order valence-corrected chi connectivity index (χ0v) is 15.2. The van der Waals surface area contributed by atoms with Crippen LogP contribution in [0.25, 0.3) is 0 Å². The molecule has 0 saturated heterocycles. The lowest BCUT2D eigenvalue weighted by Crippen LogP contribution is -2.40. The number of carbonyl (C=O) groups is 1. The van der Waals surface area contributed by atoms with Gasteiger partial charge in [-0.3, -0.25) is 9.48 Å². The number of amides is 1. The van der Waals surface area contributed by atoms with E-state index in [0.29, 0.717) is 6.42 Å². The number of aromatic nitrogens is 2. The van der Waals surface area contributed by atoms with Crippen molar-refractivity contribution in [1.29, 1.82) is 0 Å². The minimum Gasteiger partial charge on any atom is -0.365 e. The molecule has 1 aromatic rings. The molecule has 0 bridgehead atoms. The van der Waals surface area contributed by atoms with Crippen molar-refractivity contribution in [3.8, 4) is 0 Å². The third-order valence-corrected chi connectivity index (χ3v) is 4.93. The third kappa shape index (κ3) is 4.34. The van der Waals surface area contributed by atoms with E-state index in [0.717, 1.165) is 29.8 Å². The van der Waals surface area contributed by atoms with Crippen LogP contribution in [0.15, 0.2) is 0 Å². The Morgan fingerprint density at radius 3 is 2.52 bits per heavy atom. The molecule has 2 atom stereocenters. The fourth-order valence-electron chi connectivity index (χ4n) is 3.57. The predicted molar refractivity (Wildman–Crippen MR) is 91.3 cm³/mol. The van der Waals surface area contributed by atoms with Gasteiger partial charge in [-0.25, -0.2) is 0 Å². The van der Waals surface area contributed by atoms with Crippen LogP contribution in [0.4, 0.5) is 0 Å². The highest BCUT2D eigenvalue weighted by Crippen LogP contribution is 2.24. The first kappa shape index (κ1) is 18.0. The fourth-order valence-corrected chi connectivity index (χ4v) is 3.57. The summed E-state index contributed by atoms with van der Waals surface area (Å²) in [6.07, 6.45) is 6.50. The molecule has 0 aromatic carbocycles. The standard InChI is InChI=1S/C18H31N3O2/c1-6-16(23-15-10-8-7-9-11-15)18(22)19-12(2)17-13(3)20-21(5)14(17)4/h12,15-16H,6-11H2,1-5H3,(H,19,22)/t12-,16+/m0/s1. The zero-order valence-electron chi connectivity index (χ0n) is 15.2. The predicted octanol–water partition coefficient (Wildman–Crippen LogP) is 3.34. The van der Waals surface area contributed by atoms with Gasteiger partial charge < -0.3 is 10.1 Å². The van der Waals surface area contributed by atoms with E-state index in [-0.39, 0.29) is 24.2 Å². The van der Waals surface area contributed by atoms with E-state index in [2.05, 4.69) is 10.4 Å². The van der Waals surface area contributed by atoms with Gasteiger partial charge in [-0.2, -0.15) is 5.10 Å². The monoisotopic (exact) mass is 321 g/mol. The first-order chi connectivity index (χ1) is 10.9. The SMILES string of the molecule is CC[C@@H](OC1CCCCC1)C(=O)N[C@@H](C)c1c(C)nn(C)c1C. The number of carbonyl (C=O) groups excluding carboxylic acids is 1. The number of hydrogen-bond acceptors (Lipinski definition) is 3. The number of ether oxygens (including phenoxy) is 1. The van der Waals surface area contributed by atoms with E-state index in [9.17, 15) is 4.79 Å². The maximum atomic E-state index is 12.6. The highest BCUT2D eigenvalue weighted by Gasteiger charge is 2.26. The van der Waals surface area contributed by atoms with Crippen molar-refractivity contribution >= 4 is 5.91 Å². The molecule has 1 aromatic heterocycles. The van der Waals surface area contributed by atoms with Crippen LogP contribution in [0.2, 0.25) is 0 Å². The van der Waals surface area contributed by atoms with Crippen LogP contribution in [0, 0.1) is 13.8 Å². The van der Waals surface area contributed by atoms with Gasteiger partial charge in [-0.1, -0.05) is 26.2 Å². The van der Waals surface area contributed by atoms with Gasteiger partial charge in [0.25, 0.3) is 0 Å². The topological polar surface area (TPSA) is 56.1 Å². The summed E-state index contributed by atoms with van der Waals surface area (Å²) in [7, 11) is 1.93. The molecule has 5 nitrogen and oxygen atoms in total. The first-order valence-electron chi connectivity index (χ1n) is 8.90. The molecule has 0 unspecified atom stereocenters. The zero-order chi connectivity index (χ0) is 17.0. The summed E-state index contributed by atoms with van der Waals surface area (Å²) in [5, 5.41) is 7.55. The van der Waals surface area contributed by atoms with Crippen molar-refractivity contribution in [2.24, 2.45) is 7.05 Å². The van der Waals surface area contributed by atoms with E-state index in [1.807, 2.05) is 39.4 Å². The highest BCUT2D eigenvalue weighted by molar-refractivity contribution is 5.81. The van der Waals surface area contributed by atoms with Crippen LogP contribution in [0.1, 0.15) is 75.4 Å². The molecule has 0 radical (unpaired) electrons. The Hall–Kier alpha value is -1.36. The van der Waals surface area contributed by atoms with Crippen molar-refractivity contribution in [3.63, 3.8) is 0 Å². The number of rotatable bonds is 6. The van der Waals surface area contributed by atoms with Gasteiger partial charge >= 0.3 is 0 Å². The summed E-state index contributed by atoms with van der Waals surface area (Å²) < 4.78 is 7.94. The highest BCUT2D eigenvalue weighted by atomic mass is 16.5. The lowest BCUT2D eigenvalue weighted by Gasteiger charge is -2.27. The third-order valence-electron chi connectivity index (χ3n) is 4.93. The Labute approximate surface area is 139 Å². The minimum atomic E-state index is -0.349. The van der Waals surface area contributed by atoms with Gasteiger partial charge in [0.2, 0.25) is 5.91 Å². The number of nitrogens with one attached hydrogen (secondary N) is 1. The molecule has 0 spiro atoms. The van der Waals surface area contributed by atoms with E-state index < -0.39 is 0 Å². The van der Waals surface area contributed by atoms with Crippen molar-refractivity contribution in [1.82, 2.24) is 15.1 Å². The Kier molecular flexibility index (Phi) is 6.22. The Balaban J connectivity index is 1.97. The second kappa shape index (κ2) is 7.95. The molecule has 1 saturated carbocycles. The molecule has 130 valence electrons. The summed E-state index contributed by atoms with van der Waals surface area (Å²) in [4.78, 5) is 12.6. The summed E-state index contributed by atoms with van der Waals surface area (Å²) in [6.45, 7) is 8.05. The molecular weight excluding hydrogens is 290 g/mol. The maximum Gasteiger partial charge on any atom is 0.249 e. The van der Waals surface area contributed by atoms with Gasteiger partial charge in [0, 0.05) is 18.3 Å². The summed E-state index contributed by atoms with van der Waals surface area (Å²) in [5.74, 6) is -0.00627. The maximum absolute atomic E-state index is 12.6. The van der Waals surface area contributed by atoms with Crippen molar-refractivity contribution < 1.29 is 9.53 Å². The number of aryl methyl sites for hydroxylation is 2. The lowest BCUT2D eigenvalue weighted by atomic mass is 9.97. The molecule has 2 rings (SSSR count). The Morgan fingerprint density at radius 1 is 1.35 bits per heavy atom. The minimum absolute atomic E-state index is 0.00627. The Bertz CT molecular complexity index is 533. The fraction of sp³-hybridized carbons (Fsp3) is 0.778. The quantitative estimate of drug-likeness (QED) is 0.874. The van der Waals surface area contributed by atoms with E-state index in [4.69, 9.17) is 4.74 Å². The number of hydrogen-bond donors (Lipinski definition) is 1. The molecule has 1 aliphatic carbocycles. The van der Waals surface area contributed by atoms with Crippen molar-refractivity contribution in [2.75, 3.05) is 0 Å². The smallest absolute Gasteiger partial charge is 0.249 e. The van der Waals surface area contributed by atoms with Gasteiger partial charge in [0.15, 0.2) is 0 Å². The average Bonchev–Trinajstić information content (AvgIpc) is 2.78. The van der Waals surface area contributed by atoms with Crippen LogP contribution in [-0.2, 0) is 16.6 Å². The molecule has 1 N–H and O–H groups in total. The van der Waals surface area contributed by atoms with Crippen molar-refractivity contribution in [3.05, 3.63) is 17.0 Å². The van der Waals surface area contributed by atoms with E-state index in [1.165, 1.54) is 19.3 Å². The second-order valence-electron chi connectivity index (χ2n) is 6.73. The molecule has 0 aliphatic heterocycles. The van der Waals surface area contributed by atoms with Crippen LogP contribution >= 0.6 is 0 Å². The Morgan fingerprint density at radius 2 is 2.00 bits per heavy atom. The van der Waals surface area contributed by atoms with Crippen LogP contribution in [-0.4, -0.2) is 27.9 Å². The van der Waals surface area contributed by atoms with Gasteiger partial charge in [-0.05, 0) is 40.0 Å². The largest absolute Gasteiger partial charge is 0.365 e. The molecule has 1 amide bonds. The number of nitrogens with zero attached hydrogens (tertiary/aromatic N) is 2. The van der Waals surface area contributed by atoms with Crippen molar-refractivity contribution in [2.45, 2.75) is 84.5 Å². The molecule has 1 aliphatic rings. The van der Waals surface area contributed by atoms with Gasteiger partial charge in [-0.15, -0.1) is 0 Å². The molecule has 1 fully saturated rings. The molecule has 23 heavy (non-hydrogen) atoms. The molecule has 5 heteroatoms. The summed E-state index contributed by atoms with van der Waals surface area (Å²) in [6, 6.07) is -0.0554. The van der Waals surface area contributed by atoms with Crippen LogP contribution in [0.3, 0.4) is 0 Å². The van der Waals surface area contributed by atoms with E-state index in [1.54, 1.807) is 0 Å². The normalized spacial score (nSPS) is 18.7. The summed E-state index contributed by atoms with van der Waals surface area (Å²) in [5.41, 5.74) is 3.17. The first-order valence-corrected chi connectivity index (χ1v) is 8.90. The lowest BCUT2D eigenvalue weighted by molar-refractivity contribution is -0.139. The second-order valence-corrected chi connectivity index (χ2v) is 6.73. The van der Waals surface area contributed by atoms with Crippen LogP contribution in [0.5, 0.6) is 0 Å². The van der Waals surface area contributed by atoms with E-state index >= 15 is 0 Å². The van der Waals surface area contributed by atoms with Gasteiger partial charge in [0.1, 0.15) is 6.10 Å². The molecule has 1 heterocycles.